The molecule has 18 heavy (non-hydrogen) atoms. The summed E-state index contributed by atoms with van der Waals surface area (Å²) < 4.78 is 5.27. The number of para-hydroxylation sites is 1. The molecule has 0 unspecified atom stereocenters. The number of rotatable bonds is 8. The van der Waals surface area contributed by atoms with Gasteiger partial charge in [0.25, 0.3) is 0 Å². The van der Waals surface area contributed by atoms with Crippen molar-refractivity contribution in [2.24, 2.45) is 0 Å². The van der Waals surface area contributed by atoms with E-state index in [0.717, 1.165) is 30.9 Å². The summed E-state index contributed by atoms with van der Waals surface area (Å²) in [6, 6.07) is 7.97. The highest BCUT2D eigenvalue weighted by molar-refractivity contribution is 5.57. The maximum Gasteiger partial charge on any atom is 0.126 e. The van der Waals surface area contributed by atoms with Gasteiger partial charge in [0.05, 0.1) is 14.2 Å². The van der Waals surface area contributed by atoms with Gasteiger partial charge in [0.1, 0.15) is 5.75 Å². The van der Waals surface area contributed by atoms with Gasteiger partial charge in [0.2, 0.25) is 0 Å². The predicted octanol–water partition coefficient (Wildman–Crippen LogP) is 1.79. The molecule has 1 aromatic carbocycles. The minimum absolute atomic E-state index is 0.829. The zero-order chi connectivity index (χ0) is 13.2. The van der Waals surface area contributed by atoms with Crippen LogP contribution < -0.4 is 10.1 Å². The second-order valence-corrected chi connectivity index (χ2v) is 3.88. The highest BCUT2D eigenvalue weighted by Gasteiger charge is 1.96. The van der Waals surface area contributed by atoms with Gasteiger partial charge in [-0.15, -0.1) is 0 Å². The molecular weight excluding hydrogens is 228 g/mol. The van der Waals surface area contributed by atoms with Crippen molar-refractivity contribution in [1.29, 1.82) is 0 Å². The summed E-state index contributed by atoms with van der Waals surface area (Å²) in [4.78, 5) is 5.02. The van der Waals surface area contributed by atoms with E-state index in [9.17, 15) is 0 Å². The number of ether oxygens (including phenoxy) is 1. The van der Waals surface area contributed by atoms with Crippen molar-refractivity contribution in [2.45, 2.75) is 0 Å². The fourth-order valence-corrected chi connectivity index (χ4v) is 1.50. The molecule has 0 spiro atoms. The van der Waals surface area contributed by atoms with Gasteiger partial charge in [-0.05, 0) is 6.07 Å². The molecule has 0 aliphatic rings. The van der Waals surface area contributed by atoms with E-state index in [-0.39, 0.29) is 0 Å². The summed E-state index contributed by atoms with van der Waals surface area (Å²) in [5.41, 5.74) is 1.09. The number of hydrogen-bond donors (Lipinski definition) is 1. The fraction of sp³-hybridized carbons (Fsp3) is 0.429. The number of nitrogens with zero attached hydrogens (tertiary/aromatic N) is 1. The van der Waals surface area contributed by atoms with E-state index in [4.69, 9.17) is 9.57 Å². The lowest BCUT2D eigenvalue weighted by atomic mass is 10.2. The Morgan fingerprint density at radius 3 is 2.78 bits per heavy atom. The van der Waals surface area contributed by atoms with Crippen LogP contribution in [0.1, 0.15) is 5.56 Å². The van der Waals surface area contributed by atoms with Gasteiger partial charge >= 0.3 is 0 Å². The summed E-state index contributed by atoms with van der Waals surface area (Å²) in [5, 5.41) is 5.10. The molecule has 1 N–H and O–H groups in total. The molecule has 0 aliphatic heterocycles. The molecule has 0 aliphatic carbocycles. The average molecular weight is 250 g/mol. The molecule has 4 nitrogen and oxygen atoms in total. The van der Waals surface area contributed by atoms with Crippen LogP contribution in [-0.4, -0.2) is 46.0 Å². The molecule has 0 atom stereocenters. The first-order valence-corrected chi connectivity index (χ1v) is 6.03. The Labute approximate surface area is 109 Å². The number of likely N-dealkylation sites (N-methyl/N-ethyl adjacent to an activating group) is 1. The maximum absolute atomic E-state index is 5.27. The zero-order valence-corrected chi connectivity index (χ0v) is 11.3. The highest BCUT2D eigenvalue weighted by atomic mass is 16.7. The Morgan fingerprint density at radius 2 is 2.06 bits per heavy atom. The lowest BCUT2D eigenvalue weighted by Crippen LogP contribution is -2.28. The van der Waals surface area contributed by atoms with E-state index in [1.54, 1.807) is 19.3 Å². The fourth-order valence-electron chi connectivity index (χ4n) is 1.50. The van der Waals surface area contributed by atoms with Crippen LogP contribution in [0.15, 0.2) is 30.3 Å². The summed E-state index contributed by atoms with van der Waals surface area (Å²) in [6.45, 7) is 2.58. The Hall–Kier alpha value is -1.36. The molecule has 1 rings (SSSR count). The molecular formula is C14H22N2O2. The van der Waals surface area contributed by atoms with Crippen molar-refractivity contribution < 1.29 is 9.57 Å². The van der Waals surface area contributed by atoms with Gasteiger partial charge in [0.15, 0.2) is 0 Å². The number of nitrogens with one attached hydrogen (secondary N) is 1. The molecule has 0 saturated heterocycles. The molecule has 4 heteroatoms. The Bertz CT molecular complexity index is 367. The number of hydroxylamine groups is 2. The van der Waals surface area contributed by atoms with E-state index in [1.807, 2.05) is 31.3 Å². The highest BCUT2D eigenvalue weighted by Crippen LogP contribution is 2.18. The average Bonchev–Trinajstić information content (AvgIpc) is 2.42. The molecule has 0 amide bonds. The minimum Gasteiger partial charge on any atom is -0.496 e. The van der Waals surface area contributed by atoms with Crippen LogP contribution in [0.3, 0.4) is 0 Å². The van der Waals surface area contributed by atoms with Gasteiger partial charge in [-0.3, -0.25) is 0 Å². The molecule has 0 fully saturated rings. The van der Waals surface area contributed by atoms with Gasteiger partial charge in [-0.1, -0.05) is 30.4 Å². The third-order valence-corrected chi connectivity index (χ3v) is 2.61. The third-order valence-electron chi connectivity index (χ3n) is 2.61. The lowest BCUT2D eigenvalue weighted by molar-refractivity contribution is -0.107. The molecule has 0 bridgehead atoms. The largest absolute Gasteiger partial charge is 0.496 e. The van der Waals surface area contributed by atoms with E-state index >= 15 is 0 Å². The van der Waals surface area contributed by atoms with E-state index < -0.39 is 0 Å². The van der Waals surface area contributed by atoms with Gasteiger partial charge in [-0.25, -0.2) is 0 Å². The topological polar surface area (TPSA) is 33.7 Å². The van der Waals surface area contributed by atoms with Gasteiger partial charge < -0.3 is 14.9 Å². The smallest absolute Gasteiger partial charge is 0.126 e. The molecule has 0 heterocycles. The van der Waals surface area contributed by atoms with Gasteiger partial charge in [0, 0.05) is 32.2 Å². The van der Waals surface area contributed by atoms with E-state index in [2.05, 4.69) is 17.5 Å². The molecule has 1 aromatic rings. The van der Waals surface area contributed by atoms with E-state index in [1.165, 1.54) is 0 Å². The summed E-state index contributed by atoms with van der Waals surface area (Å²) in [7, 11) is 5.26. The van der Waals surface area contributed by atoms with Crippen molar-refractivity contribution in [3.63, 3.8) is 0 Å². The molecule has 100 valence electrons. The summed E-state index contributed by atoms with van der Waals surface area (Å²) in [5.74, 6) is 0.896. The molecule has 0 saturated carbocycles. The first-order valence-electron chi connectivity index (χ1n) is 6.03. The van der Waals surface area contributed by atoms with Crippen LogP contribution in [0.4, 0.5) is 0 Å². The van der Waals surface area contributed by atoms with Crippen molar-refractivity contribution in [3.8, 4) is 5.75 Å². The predicted molar refractivity (Wildman–Crippen MR) is 74.5 cm³/mol. The molecule has 0 aromatic heterocycles. The van der Waals surface area contributed by atoms with Crippen LogP contribution in [0, 0.1) is 0 Å². The van der Waals surface area contributed by atoms with Crippen molar-refractivity contribution in [1.82, 2.24) is 10.4 Å². The number of hydrogen-bond acceptors (Lipinski definition) is 4. The summed E-state index contributed by atoms with van der Waals surface area (Å²) >= 11 is 0. The number of methoxy groups -OCH3 is 1. The Balaban J connectivity index is 2.28. The Morgan fingerprint density at radius 1 is 1.28 bits per heavy atom. The van der Waals surface area contributed by atoms with Crippen LogP contribution in [-0.2, 0) is 4.84 Å². The SMILES string of the molecule is COc1ccccc1/C=C/CNCCN(C)OC. The van der Waals surface area contributed by atoms with Crippen molar-refractivity contribution >= 4 is 6.08 Å². The number of benzene rings is 1. The third kappa shape index (κ3) is 5.31. The maximum atomic E-state index is 5.27. The zero-order valence-electron chi connectivity index (χ0n) is 11.3. The van der Waals surface area contributed by atoms with Crippen molar-refractivity contribution in [2.75, 3.05) is 40.9 Å². The monoisotopic (exact) mass is 250 g/mol. The van der Waals surface area contributed by atoms with Gasteiger partial charge in [-0.2, -0.15) is 5.06 Å². The quantitative estimate of drug-likeness (QED) is 0.563. The second kappa shape index (κ2) is 8.69. The first kappa shape index (κ1) is 14.7. The second-order valence-electron chi connectivity index (χ2n) is 3.88. The van der Waals surface area contributed by atoms with E-state index in [0.29, 0.717) is 0 Å². The van der Waals surface area contributed by atoms with Crippen LogP contribution in [0.2, 0.25) is 0 Å². The molecule has 0 radical (unpaired) electrons. The van der Waals surface area contributed by atoms with Crippen LogP contribution in [0.5, 0.6) is 5.75 Å². The first-order chi connectivity index (χ1) is 8.77. The lowest BCUT2D eigenvalue weighted by Gasteiger charge is -2.12. The van der Waals surface area contributed by atoms with Crippen LogP contribution >= 0.6 is 0 Å². The van der Waals surface area contributed by atoms with Crippen molar-refractivity contribution in [3.05, 3.63) is 35.9 Å². The van der Waals surface area contributed by atoms with Crippen LogP contribution in [0.25, 0.3) is 6.08 Å². The Kier molecular flexibility index (Phi) is 7.10. The summed E-state index contributed by atoms with van der Waals surface area (Å²) in [6.07, 6.45) is 4.15. The standard InChI is InChI=1S/C14H22N2O2/c1-16(18-3)12-11-15-10-6-8-13-7-4-5-9-14(13)17-2/h4-9,15H,10-12H2,1-3H3/b8-6+. The normalized spacial score (nSPS) is 11.3. The minimum atomic E-state index is 0.829.